The second kappa shape index (κ2) is 5.61. The summed E-state index contributed by atoms with van der Waals surface area (Å²) in [4.78, 5) is 2.47. The summed E-state index contributed by atoms with van der Waals surface area (Å²) in [6.45, 7) is 9.17. The molecular weight excluding hydrogens is 160 g/mol. The lowest BCUT2D eigenvalue weighted by Gasteiger charge is -2.12. The van der Waals surface area contributed by atoms with Crippen LogP contribution in [0.25, 0.3) is 0 Å². The second-order valence-electron chi connectivity index (χ2n) is 4.06. The van der Waals surface area contributed by atoms with E-state index in [4.69, 9.17) is 0 Å². The Morgan fingerprint density at radius 3 is 1.92 bits per heavy atom. The molecule has 0 saturated carbocycles. The van der Waals surface area contributed by atoms with Gasteiger partial charge in [-0.3, -0.25) is 0 Å². The zero-order valence-corrected chi connectivity index (χ0v) is 9.34. The van der Waals surface area contributed by atoms with Gasteiger partial charge in [-0.15, -0.1) is 0 Å². The molecule has 2 heterocycles. The lowest BCUT2D eigenvalue weighted by Crippen LogP contribution is -2.21. The molecule has 0 bridgehead atoms. The van der Waals surface area contributed by atoms with E-state index >= 15 is 0 Å². The average molecular weight is 184 g/mol. The number of likely N-dealkylation sites (tertiary alicyclic amines) is 1. The van der Waals surface area contributed by atoms with E-state index in [-0.39, 0.29) is 0 Å². The van der Waals surface area contributed by atoms with Crippen molar-refractivity contribution in [3.63, 3.8) is 0 Å². The molecule has 0 unspecified atom stereocenters. The summed E-state index contributed by atoms with van der Waals surface area (Å²) < 4.78 is 0. The summed E-state index contributed by atoms with van der Waals surface area (Å²) in [5, 5.41) is 3.49. The molecular formula is C11H24N2. The van der Waals surface area contributed by atoms with E-state index in [1.54, 1.807) is 0 Å². The Balaban J connectivity index is 0.000000396. The van der Waals surface area contributed by atoms with Crippen LogP contribution in [0.3, 0.4) is 0 Å². The first-order valence-corrected chi connectivity index (χ1v) is 5.75. The summed E-state index contributed by atoms with van der Waals surface area (Å²) in [6, 6.07) is 0. The predicted octanol–water partition coefficient (Wildman–Crippen LogP) is 1.57. The van der Waals surface area contributed by atoms with Crippen molar-refractivity contribution in [1.29, 1.82) is 0 Å². The Morgan fingerprint density at radius 2 is 1.46 bits per heavy atom. The molecule has 2 aliphatic heterocycles. The molecule has 2 saturated heterocycles. The van der Waals surface area contributed by atoms with E-state index in [1.165, 1.54) is 39.0 Å². The topological polar surface area (TPSA) is 15.3 Å². The van der Waals surface area contributed by atoms with E-state index < -0.39 is 0 Å². The van der Waals surface area contributed by atoms with E-state index in [9.17, 15) is 0 Å². The van der Waals surface area contributed by atoms with E-state index in [1.807, 2.05) is 13.8 Å². The maximum atomic E-state index is 3.49. The first kappa shape index (κ1) is 11.0. The van der Waals surface area contributed by atoms with Gasteiger partial charge in [0.25, 0.3) is 0 Å². The van der Waals surface area contributed by atoms with Crippen molar-refractivity contribution in [2.45, 2.75) is 26.7 Å². The van der Waals surface area contributed by atoms with Crippen LogP contribution in [0.1, 0.15) is 26.7 Å². The molecule has 0 aromatic carbocycles. The van der Waals surface area contributed by atoms with Crippen molar-refractivity contribution in [3.05, 3.63) is 0 Å². The molecule has 13 heavy (non-hydrogen) atoms. The van der Waals surface area contributed by atoms with Crippen molar-refractivity contribution in [1.82, 2.24) is 10.2 Å². The van der Waals surface area contributed by atoms with Gasteiger partial charge in [0.2, 0.25) is 0 Å². The molecule has 0 aromatic heterocycles. The Labute approximate surface area is 82.7 Å². The van der Waals surface area contributed by atoms with Crippen molar-refractivity contribution in [2.24, 2.45) is 11.8 Å². The summed E-state index contributed by atoms with van der Waals surface area (Å²) in [5.41, 5.74) is 0. The third-order valence-electron chi connectivity index (χ3n) is 3.24. The van der Waals surface area contributed by atoms with Gasteiger partial charge in [-0.2, -0.15) is 0 Å². The molecule has 0 radical (unpaired) electrons. The molecule has 2 fully saturated rings. The number of nitrogens with zero attached hydrogens (tertiary/aromatic N) is 1. The quantitative estimate of drug-likeness (QED) is 0.615. The van der Waals surface area contributed by atoms with Crippen molar-refractivity contribution >= 4 is 0 Å². The highest BCUT2D eigenvalue weighted by molar-refractivity contribution is 4.84. The van der Waals surface area contributed by atoms with Gasteiger partial charge in [0, 0.05) is 0 Å². The van der Waals surface area contributed by atoms with Gasteiger partial charge in [-0.25, -0.2) is 0 Å². The van der Waals surface area contributed by atoms with Crippen molar-refractivity contribution < 1.29 is 0 Å². The van der Waals surface area contributed by atoms with Gasteiger partial charge < -0.3 is 10.2 Å². The van der Waals surface area contributed by atoms with Crippen LogP contribution in [0.4, 0.5) is 0 Å². The number of nitrogens with one attached hydrogen (secondary N) is 1. The lowest BCUT2D eigenvalue weighted by atomic mass is 9.92. The van der Waals surface area contributed by atoms with Gasteiger partial charge in [0.15, 0.2) is 0 Å². The normalized spacial score (nSPS) is 34.4. The summed E-state index contributed by atoms with van der Waals surface area (Å²) in [5.74, 6) is 1.97. The maximum Gasteiger partial charge on any atom is -0.00168 e. The van der Waals surface area contributed by atoms with Gasteiger partial charge >= 0.3 is 0 Å². The molecule has 78 valence electrons. The van der Waals surface area contributed by atoms with Crippen LogP contribution in [-0.2, 0) is 0 Å². The molecule has 0 spiro atoms. The van der Waals surface area contributed by atoms with Crippen molar-refractivity contribution in [3.8, 4) is 0 Å². The SMILES string of the molecule is CC.CN1CC[C@@H]2CNC[C@@H]2CC1. The third kappa shape index (κ3) is 2.96. The minimum absolute atomic E-state index is 0.986. The van der Waals surface area contributed by atoms with E-state index in [2.05, 4.69) is 17.3 Å². The van der Waals surface area contributed by atoms with E-state index in [0.717, 1.165) is 11.8 Å². The Morgan fingerprint density at radius 1 is 1.00 bits per heavy atom. The standard InChI is InChI=1S/C9H18N2.C2H6/c1-11-4-2-8-6-10-7-9(8)3-5-11;1-2/h8-10H,2-7H2,1H3;1-2H3/t8-,9+;. The summed E-state index contributed by atoms with van der Waals surface area (Å²) >= 11 is 0. The molecule has 2 atom stereocenters. The molecule has 2 aliphatic rings. The van der Waals surface area contributed by atoms with Crippen LogP contribution >= 0.6 is 0 Å². The van der Waals surface area contributed by atoms with Crippen LogP contribution in [0.2, 0.25) is 0 Å². The number of fused-ring (bicyclic) bond motifs is 1. The number of hydrogen-bond acceptors (Lipinski definition) is 2. The van der Waals surface area contributed by atoms with Gasteiger partial charge in [0.1, 0.15) is 0 Å². The van der Waals surface area contributed by atoms with Crippen LogP contribution in [-0.4, -0.2) is 38.1 Å². The Bertz CT molecular complexity index is 122. The number of rotatable bonds is 0. The molecule has 2 nitrogen and oxygen atoms in total. The monoisotopic (exact) mass is 184 g/mol. The van der Waals surface area contributed by atoms with Crippen LogP contribution in [0.15, 0.2) is 0 Å². The van der Waals surface area contributed by atoms with Gasteiger partial charge in [-0.05, 0) is 57.9 Å². The number of hydrogen-bond donors (Lipinski definition) is 1. The van der Waals surface area contributed by atoms with Crippen LogP contribution < -0.4 is 5.32 Å². The van der Waals surface area contributed by atoms with Crippen molar-refractivity contribution in [2.75, 3.05) is 33.2 Å². The molecule has 0 amide bonds. The molecule has 0 aromatic rings. The first-order chi connectivity index (χ1) is 6.36. The average Bonchev–Trinajstić information content (AvgIpc) is 2.56. The minimum Gasteiger partial charge on any atom is -0.316 e. The lowest BCUT2D eigenvalue weighted by molar-refractivity contribution is 0.339. The van der Waals surface area contributed by atoms with E-state index in [0.29, 0.717) is 0 Å². The molecule has 2 rings (SSSR count). The molecule has 0 aliphatic carbocycles. The second-order valence-corrected chi connectivity index (χ2v) is 4.06. The fourth-order valence-electron chi connectivity index (χ4n) is 2.35. The zero-order chi connectivity index (χ0) is 9.68. The third-order valence-corrected chi connectivity index (χ3v) is 3.24. The largest absolute Gasteiger partial charge is 0.316 e. The summed E-state index contributed by atoms with van der Waals surface area (Å²) in [6.07, 6.45) is 2.82. The first-order valence-electron chi connectivity index (χ1n) is 5.75. The molecule has 2 heteroatoms. The minimum atomic E-state index is 0.986. The van der Waals surface area contributed by atoms with Crippen LogP contribution in [0.5, 0.6) is 0 Å². The molecule has 1 N–H and O–H groups in total. The van der Waals surface area contributed by atoms with Gasteiger partial charge in [0.05, 0.1) is 0 Å². The highest BCUT2D eigenvalue weighted by Gasteiger charge is 2.28. The van der Waals surface area contributed by atoms with Crippen LogP contribution in [0, 0.1) is 11.8 Å². The highest BCUT2D eigenvalue weighted by atomic mass is 15.1. The Kier molecular flexibility index (Phi) is 4.74. The van der Waals surface area contributed by atoms with Gasteiger partial charge in [-0.1, -0.05) is 13.8 Å². The fourth-order valence-corrected chi connectivity index (χ4v) is 2.35. The Hall–Kier alpha value is -0.0800. The maximum absolute atomic E-state index is 3.49. The predicted molar refractivity (Wildman–Crippen MR) is 57.9 cm³/mol. The zero-order valence-electron chi connectivity index (χ0n) is 9.34. The highest BCUT2D eigenvalue weighted by Crippen LogP contribution is 2.26. The summed E-state index contributed by atoms with van der Waals surface area (Å²) in [7, 11) is 2.24. The smallest absolute Gasteiger partial charge is 0.00168 e. The fraction of sp³-hybridized carbons (Fsp3) is 1.00.